The summed E-state index contributed by atoms with van der Waals surface area (Å²) in [5.74, 6) is 2.23. The lowest BCUT2D eigenvalue weighted by Crippen LogP contribution is -2.00. The summed E-state index contributed by atoms with van der Waals surface area (Å²) in [6, 6.07) is 9.31. The second kappa shape index (κ2) is 4.78. The molecule has 7 heteroatoms. The van der Waals surface area contributed by atoms with Crippen LogP contribution in [0.2, 0.25) is 0 Å². The second-order valence-corrected chi connectivity index (χ2v) is 6.15. The highest BCUT2D eigenvalue weighted by molar-refractivity contribution is 6.07. The Balaban J connectivity index is 1.73. The molecular formula is C19H11NO6. The monoisotopic (exact) mass is 349 g/mol. The molecule has 4 heterocycles. The van der Waals surface area contributed by atoms with Gasteiger partial charge in [0.15, 0.2) is 28.7 Å². The van der Waals surface area contributed by atoms with Gasteiger partial charge in [-0.05, 0) is 29.8 Å². The van der Waals surface area contributed by atoms with E-state index >= 15 is 0 Å². The lowest BCUT2D eigenvalue weighted by atomic mass is 9.94. The van der Waals surface area contributed by atoms with Gasteiger partial charge >= 0.3 is 5.97 Å². The molecule has 0 aliphatic carbocycles. The highest BCUT2D eigenvalue weighted by Gasteiger charge is 2.32. The van der Waals surface area contributed by atoms with Crippen molar-refractivity contribution < 1.29 is 28.5 Å². The van der Waals surface area contributed by atoms with E-state index < -0.39 is 5.97 Å². The number of pyridine rings is 1. The molecule has 0 N–H and O–H groups in total. The highest BCUT2D eigenvalue weighted by atomic mass is 16.7. The minimum absolute atomic E-state index is 0.154. The van der Waals surface area contributed by atoms with Crippen molar-refractivity contribution in [3.63, 3.8) is 0 Å². The summed E-state index contributed by atoms with van der Waals surface area (Å²) in [4.78, 5) is 16.6. The summed E-state index contributed by atoms with van der Waals surface area (Å²) in [5, 5.41) is 0.802. The number of benzene rings is 2. The Morgan fingerprint density at radius 2 is 1.65 bits per heavy atom. The fourth-order valence-corrected chi connectivity index (χ4v) is 3.64. The van der Waals surface area contributed by atoms with Crippen LogP contribution < -0.4 is 18.9 Å². The van der Waals surface area contributed by atoms with Crippen LogP contribution in [-0.2, 0) is 11.3 Å². The van der Waals surface area contributed by atoms with Gasteiger partial charge in [-0.3, -0.25) is 0 Å². The molecule has 0 atom stereocenters. The number of carbonyl (C=O) groups excluding carboxylic acids is 1. The Morgan fingerprint density at radius 1 is 0.846 bits per heavy atom. The predicted octanol–water partition coefficient (Wildman–Crippen LogP) is 3.03. The lowest BCUT2D eigenvalue weighted by molar-refractivity contribution is 0.0531. The van der Waals surface area contributed by atoms with Crippen molar-refractivity contribution in [3.05, 3.63) is 41.6 Å². The van der Waals surface area contributed by atoms with Crippen molar-refractivity contribution in [2.24, 2.45) is 0 Å². The average Bonchev–Trinajstić information content (AvgIpc) is 3.39. The third kappa shape index (κ3) is 1.72. The number of aromatic nitrogens is 1. The molecule has 3 aliphatic rings. The van der Waals surface area contributed by atoms with Crippen LogP contribution in [0.3, 0.4) is 0 Å². The zero-order valence-corrected chi connectivity index (χ0v) is 13.4. The summed E-state index contributed by atoms with van der Waals surface area (Å²) < 4.78 is 27.4. The van der Waals surface area contributed by atoms with Crippen LogP contribution in [0, 0.1) is 0 Å². The third-order valence-electron chi connectivity index (χ3n) is 4.79. The fraction of sp³-hybridized carbons (Fsp3) is 0.158. The lowest BCUT2D eigenvalue weighted by Gasteiger charge is -2.13. The molecule has 0 unspecified atom stereocenters. The molecule has 1 aromatic heterocycles. The molecule has 2 aromatic carbocycles. The number of cyclic esters (lactones) is 1. The van der Waals surface area contributed by atoms with Crippen molar-refractivity contribution >= 4 is 16.9 Å². The maximum absolute atomic E-state index is 12.1. The Kier molecular flexibility index (Phi) is 2.53. The number of ether oxygens (including phenoxy) is 5. The van der Waals surface area contributed by atoms with Crippen LogP contribution in [0.1, 0.15) is 16.1 Å². The molecule has 0 fully saturated rings. The van der Waals surface area contributed by atoms with Crippen LogP contribution in [0.5, 0.6) is 23.0 Å². The molecule has 6 rings (SSSR count). The van der Waals surface area contributed by atoms with Gasteiger partial charge in [0.25, 0.3) is 0 Å². The van der Waals surface area contributed by atoms with E-state index in [2.05, 4.69) is 4.98 Å². The van der Waals surface area contributed by atoms with Gasteiger partial charge in [0.1, 0.15) is 6.61 Å². The van der Waals surface area contributed by atoms with E-state index in [1.165, 1.54) is 0 Å². The van der Waals surface area contributed by atoms with Crippen molar-refractivity contribution in [3.8, 4) is 34.1 Å². The van der Waals surface area contributed by atoms with Crippen LogP contribution >= 0.6 is 0 Å². The zero-order chi connectivity index (χ0) is 17.3. The summed E-state index contributed by atoms with van der Waals surface area (Å²) in [6.07, 6.45) is 0. The molecule has 0 spiro atoms. The second-order valence-electron chi connectivity index (χ2n) is 6.15. The van der Waals surface area contributed by atoms with Crippen LogP contribution in [0.15, 0.2) is 30.3 Å². The number of hydrogen-bond donors (Lipinski definition) is 0. The molecular weight excluding hydrogens is 338 g/mol. The van der Waals surface area contributed by atoms with E-state index in [0.717, 1.165) is 22.1 Å². The van der Waals surface area contributed by atoms with Crippen LogP contribution in [-0.4, -0.2) is 24.5 Å². The van der Waals surface area contributed by atoms with E-state index in [0.29, 0.717) is 34.2 Å². The Hall–Kier alpha value is -3.48. The van der Waals surface area contributed by atoms with Gasteiger partial charge in [0, 0.05) is 11.1 Å². The molecule has 0 amide bonds. The Labute approximate surface area is 147 Å². The molecule has 7 nitrogen and oxygen atoms in total. The van der Waals surface area contributed by atoms with Gasteiger partial charge < -0.3 is 23.7 Å². The Bertz CT molecular complexity index is 1120. The summed E-state index contributed by atoms with van der Waals surface area (Å²) in [7, 11) is 0. The SMILES string of the molecule is O=C1OCc2c1nc1ccc3c(c1c2-c1ccc2c(c1)OCO2)OCO3. The van der Waals surface area contributed by atoms with E-state index in [4.69, 9.17) is 23.7 Å². The largest absolute Gasteiger partial charge is 0.456 e. The maximum atomic E-state index is 12.1. The quantitative estimate of drug-likeness (QED) is 0.625. The third-order valence-corrected chi connectivity index (χ3v) is 4.79. The first-order chi connectivity index (χ1) is 12.8. The van der Waals surface area contributed by atoms with E-state index in [1.807, 2.05) is 24.3 Å². The van der Waals surface area contributed by atoms with Crippen molar-refractivity contribution in [2.45, 2.75) is 6.61 Å². The first-order valence-electron chi connectivity index (χ1n) is 8.12. The number of esters is 1. The van der Waals surface area contributed by atoms with Gasteiger partial charge in [-0.2, -0.15) is 0 Å². The van der Waals surface area contributed by atoms with Crippen LogP contribution in [0.25, 0.3) is 22.0 Å². The van der Waals surface area contributed by atoms with Gasteiger partial charge in [-0.1, -0.05) is 6.07 Å². The van der Waals surface area contributed by atoms with Crippen molar-refractivity contribution in [1.82, 2.24) is 4.98 Å². The van der Waals surface area contributed by atoms with Crippen LogP contribution in [0.4, 0.5) is 0 Å². The predicted molar refractivity (Wildman–Crippen MR) is 88.5 cm³/mol. The standard InChI is InChI=1S/C19H11NO6/c21-19-17-10(6-22-19)15(9-1-3-12-14(5-9)25-7-23-12)16-11(20-17)2-4-13-18(16)26-8-24-13/h1-5H,6-8H2. The highest BCUT2D eigenvalue weighted by Crippen LogP contribution is 2.47. The van der Waals surface area contributed by atoms with Crippen molar-refractivity contribution in [1.29, 1.82) is 0 Å². The first-order valence-corrected chi connectivity index (χ1v) is 8.12. The average molecular weight is 349 g/mol. The molecule has 3 aromatic rings. The molecule has 0 saturated heterocycles. The van der Waals surface area contributed by atoms with Crippen molar-refractivity contribution in [2.75, 3.05) is 13.6 Å². The summed E-state index contributed by atoms with van der Waals surface area (Å²) in [6.45, 7) is 0.523. The van der Waals surface area contributed by atoms with Gasteiger partial charge in [0.05, 0.1) is 10.9 Å². The molecule has 128 valence electrons. The minimum Gasteiger partial charge on any atom is -0.456 e. The minimum atomic E-state index is -0.415. The normalized spacial score (nSPS) is 16.1. The fourth-order valence-electron chi connectivity index (χ4n) is 3.64. The van der Waals surface area contributed by atoms with Gasteiger partial charge in [0.2, 0.25) is 13.6 Å². The van der Waals surface area contributed by atoms with E-state index in [-0.39, 0.29) is 20.2 Å². The number of hydrogen-bond acceptors (Lipinski definition) is 7. The topological polar surface area (TPSA) is 76.1 Å². The summed E-state index contributed by atoms with van der Waals surface area (Å²) in [5.41, 5.74) is 3.45. The number of fused-ring (bicyclic) bond motifs is 5. The summed E-state index contributed by atoms with van der Waals surface area (Å²) >= 11 is 0. The van der Waals surface area contributed by atoms with Gasteiger partial charge in [-0.25, -0.2) is 9.78 Å². The Morgan fingerprint density at radius 3 is 2.62 bits per heavy atom. The molecule has 0 bridgehead atoms. The smallest absolute Gasteiger partial charge is 0.357 e. The molecule has 0 radical (unpaired) electrons. The number of nitrogens with zero attached hydrogens (tertiary/aromatic N) is 1. The maximum Gasteiger partial charge on any atom is 0.357 e. The molecule has 0 saturated carbocycles. The zero-order valence-electron chi connectivity index (χ0n) is 13.4. The number of carbonyl (C=O) groups is 1. The van der Waals surface area contributed by atoms with Gasteiger partial charge in [-0.15, -0.1) is 0 Å². The van der Waals surface area contributed by atoms with E-state index in [1.54, 1.807) is 6.07 Å². The first kappa shape index (κ1) is 13.8. The van der Waals surface area contributed by atoms with E-state index in [9.17, 15) is 4.79 Å². The number of rotatable bonds is 1. The molecule has 26 heavy (non-hydrogen) atoms. The molecule has 3 aliphatic heterocycles.